The summed E-state index contributed by atoms with van der Waals surface area (Å²) >= 11 is 0. The third-order valence-corrected chi connectivity index (χ3v) is 1.90. The molecule has 0 aliphatic heterocycles. The summed E-state index contributed by atoms with van der Waals surface area (Å²) in [6.45, 7) is 2.81. The van der Waals surface area contributed by atoms with E-state index in [0.717, 1.165) is 11.3 Å². The van der Waals surface area contributed by atoms with E-state index >= 15 is 0 Å². The van der Waals surface area contributed by atoms with Gasteiger partial charge in [-0.25, -0.2) is 4.79 Å². The van der Waals surface area contributed by atoms with Crippen LogP contribution in [0, 0.1) is 0 Å². The van der Waals surface area contributed by atoms with E-state index in [9.17, 15) is 4.79 Å². The first-order valence-electron chi connectivity index (χ1n) is 5.12. The highest BCUT2D eigenvalue weighted by Gasteiger charge is 2.02. The van der Waals surface area contributed by atoms with Crippen LogP contribution in [0.5, 0.6) is 5.75 Å². The van der Waals surface area contributed by atoms with Crippen LogP contribution in [0.4, 0.5) is 0 Å². The highest BCUT2D eigenvalue weighted by Crippen LogP contribution is 2.12. The van der Waals surface area contributed by atoms with Gasteiger partial charge in [0.25, 0.3) is 0 Å². The van der Waals surface area contributed by atoms with Gasteiger partial charge in [-0.05, 0) is 24.6 Å². The Morgan fingerprint density at radius 1 is 1.25 bits per heavy atom. The van der Waals surface area contributed by atoms with Gasteiger partial charge >= 0.3 is 5.97 Å². The van der Waals surface area contributed by atoms with Crippen LogP contribution in [0.3, 0.4) is 0 Å². The highest BCUT2D eigenvalue weighted by atomic mass is 16.6. The first kappa shape index (κ1) is 12.5. The summed E-state index contributed by atoms with van der Waals surface area (Å²) in [5, 5.41) is 0. The zero-order chi connectivity index (χ0) is 11.8. The van der Waals surface area contributed by atoms with Crippen molar-refractivity contribution in [2.75, 3.05) is 20.3 Å². The number of esters is 1. The Labute approximate surface area is 95.1 Å². The van der Waals surface area contributed by atoms with Crippen LogP contribution in [0.1, 0.15) is 12.5 Å². The second kappa shape index (κ2) is 6.85. The Hall–Kier alpha value is -1.55. The molecule has 88 valence electrons. The Kier molecular flexibility index (Phi) is 5.36. The number of ether oxygens (including phenoxy) is 3. The van der Waals surface area contributed by atoms with Crippen LogP contribution in [0.15, 0.2) is 24.3 Å². The molecule has 0 bridgehead atoms. The van der Waals surface area contributed by atoms with Gasteiger partial charge in [0.2, 0.25) is 0 Å². The summed E-state index contributed by atoms with van der Waals surface area (Å²) in [4.78, 5) is 11.0. The van der Waals surface area contributed by atoms with E-state index in [4.69, 9.17) is 9.47 Å². The smallest absolute Gasteiger partial charge is 0.332 e. The fourth-order valence-corrected chi connectivity index (χ4v) is 1.17. The second-order valence-electron chi connectivity index (χ2n) is 3.17. The predicted octanol–water partition coefficient (Wildman–Crippen LogP) is 1.77. The number of hydrogen-bond donors (Lipinski definition) is 0. The average Bonchev–Trinajstić information content (AvgIpc) is 2.29. The van der Waals surface area contributed by atoms with E-state index < -0.39 is 0 Å². The summed E-state index contributed by atoms with van der Waals surface area (Å²) in [5.41, 5.74) is 0.924. The lowest BCUT2D eigenvalue weighted by Crippen LogP contribution is -2.10. The van der Waals surface area contributed by atoms with Crippen molar-refractivity contribution in [2.45, 2.75) is 13.5 Å². The Morgan fingerprint density at radius 2 is 1.94 bits per heavy atom. The molecule has 0 saturated carbocycles. The summed E-state index contributed by atoms with van der Waals surface area (Å²) < 4.78 is 14.9. The molecule has 4 heteroatoms. The molecule has 0 amide bonds. The number of methoxy groups -OCH3 is 1. The molecule has 0 unspecified atom stereocenters. The molecule has 0 radical (unpaired) electrons. The maximum Gasteiger partial charge on any atom is 0.332 e. The lowest BCUT2D eigenvalue weighted by molar-refractivity contribution is -0.149. The largest absolute Gasteiger partial charge is 0.494 e. The van der Waals surface area contributed by atoms with Gasteiger partial charge in [0.05, 0.1) is 6.61 Å². The summed E-state index contributed by atoms with van der Waals surface area (Å²) in [6.07, 6.45) is 0. The van der Waals surface area contributed by atoms with Gasteiger partial charge in [0.1, 0.15) is 19.0 Å². The first-order chi connectivity index (χ1) is 7.76. The minimum atomic E-state index is -0.364. The van der Waals surface area contributed by atoms with Crippen molar-refractivity contribution in [1.82, 2.24) is 0 Å². The SMILES string of the molecule is CCOc1ccc(COC(=O)COC)cc1. The molecule has 0 aromatic heterocycles. The summed E-state index contributed by atoms with van der Waals surface area (Å²) in [7, 11) is 1.46. The maximum absolute atomic E-state index is 11.0. The second-order valence-corrected chi connectivity index (χ2v) is 3.17. The van der Waals surface area contributed by atoms with Crippen LogP contribution in [-0.2, 0) is 20.9 Å². The molecule has 0 aliphatic carbocycles. The molecule has 1 rings (SSSR count). The first-order valence-corrected chi connectivity index (χ1v) is 5.12. The molecule has 0 heterocycles. The number of hydrogen-bond acceptors (Lipinski definition) is 4. The minimum Gasteiger partial charge on any atom is -0.494 e. The van der Waals surface area contributed by atoms with Gasteiger partial charge in [-0.2, -0.15) is 0 Å². The van der Waals surface area contributed by atoms with Crippen molar-refractivity contribution in [3.05, 3.63) is 29.8 Å². The molecular weight excluding hydrogens is 208 g/mol. The van der Waals surface area contributed by atoms with Crippen molar-refractivity contribution in [3.63, 3.8) is 0 Å². The summed E-state index contributed by atoms with van der Waals surface area (Å²) in [5.74, 6) is 0.450. The number of carbonyl (C=O) groups excluding carboxylic acids is 1. The van der Waals surface area contributed by atoms with E-state index in [0.29, 0.717) is 6.61 Å². The minimum absolute atomic E-state index is 0.0168. The zero-order valence-electron chi connectivity index (χ0n) is 9.56. The van der Waals surface area contributed by atoms with E-state index in [1.807, 2.05) is 31.2 Å². The Balaban J connectivity index is 2.40. The van der Waals surface area contributed by atoms with E-state index in [1.165, 1.54) is 7.11 Å². The highest BCUT2D eigenvalue weighted by molar-refractivity contribution is 5.70. The Bertz CT molecular complexity index is 318. The number of carbonyl (C=O) groups is 1. The third kappa shape index (κ3) is 4.31. The van der Waals surface area contributed by atoms with Crippen LogP contribution in [0.2, 0.25) is 0 Å². The standard InChI is InChI=1S/C12H16O4/c1-3-15-11-6-4-10(5-7-11)8-16-12(13)9-14-2/h4-7H,3,8-9H2,1-2H3. The lowest BCUT2D eigenvalue weighted by atomic mass is 10.2. The molecule has 1 aromatic carbocycles. The van der Waals surface area contributed by atoms with E-state index in [-0.39, 0.29) is 19.2 Å². The van der Waals surface area contributed by atoms with E-state index in [1.54, 1.807) is 0 Å². The van der Waals surface area contributed by atoms with Gasteiger partial charge in [0, 0.05) is 7.11 Å². The summed E-state index contributed by atoms with van der Waals surface area (Å²) in [6, 6.07) is 7.43. The van der Waals surface area contributed by atoms with Crippen LogP contribution in [-0.4, -0.2) is 26.3 Å². The molecule has 16 heavy (non-hydrogen) atoms. The van der Waals surface area contributed by atoms with Crippen LogP contribution < -0.4 is 4.74 Å². The molecule has 0 spiro atoms. The van der Waals surface area contributed by atoms with Crippen molar-refractivity contribution in [2.24, 2.45) is 0 Å². The molecule has 0 fully saturated rings. The molecule has 0 N–H and O–H groups in total. The van der Waals surface area contributed by atoms with Gasteiger partial charge in [0.15, 0.2) is 0 Å². The lowest BCUT2D eigenvalue weighted by Gasteiger charge is -2.06. The number of rotatable bonds is 6. The molecular formula is C12H16O4. The predicted molar refractivity (Wildman–Crippen MR) is 59.3 cm³/mol. The molecule has 1 aromatic rings. The zero-order valence-corrected chi connectivity index (χ0v) is 9.56. The fraction of sp³-hybridized carbons (Fsp3) is 0.417. The van der Waals surface area contributed by atoms with E-state index in [2.05, 4.69) is 4.74 Å². The molecule has 0 atom stereocenters. The van der Waals surface area contributed by atoms with Crippen LogP contribution in [0.25, 0.3) is 0 Å². The molecule has 0 saturated heterocycles. The van der Waals surface area contributed by atoms with Crippen molar-refractivity contribution in [1.29, 1.82) is 0 Å². The quantitative estimate of drug-likeness (QED) is 0.691. The normalized spacial score (nSPS) is 9.88. The van der Waals surface area contributed by atoms with Gasteiger partial charge < -0.3 is 14.2 Å². The fourth-order valence-electron chi connectivity index (χ4n) is 1.17. The third-order valence-electron chi connectivity index (χ3n) is 1.90. The van der Waals surface area contributed by atoms with Crippen molar-refractivity contribution < 1.29 is 19.0 Å². The number of benzene rings is 1. The average molecular weight is 224 g/mol. The maximum atomic E-state index is 11.0. The van der Waals surface area contributed by atoms with Crippen molar-refractivity contribution >= 4 is 5.97 Å². The molecule has 0 aliphatic rings. The monoisotopic (exact) mass is 224 g/mol. The van der Waals surface area contributed by atoms with Gasteiger partial charge in [-0.1, -0.05) is 12.1 Å². The van der Waals surface area contributed by atoms with Crippen molar-refractivity contribution in [3.8, 4) is 5.75 Å². The van der Waals surface area contributed by atoms with Gasteiger partial charge in [-0.15, -0.1) is 0 Å². The molecule has 4 nitrogen and oxygen atoms in total. The Morgan fingerprint density at radius 3 is 2.50 bits per heavy atom. The van der Waals surface area contributed by atoms with Crippen LogP contribution >= 0.6 is 0 Å². The topological polar surface area (TPSA) is 44.8 Å². The van der Waals surface area contributed by atoms with Gasteiger partial charge in [-0.3, -0.25) is 0 Å².